The molecule has 1 aromatic carbocycles. The molecule has 1 aliphatic rings. The largest absolute Gasteiger partial charge is 0.478 e. The maximum absolute atomic E-state index is 14.1. The number of aromatic carboxylic acids is 1. The molecular weight excluding hydrogens is 327 g/mol. The van der Waals surface area contributed by atoms with Gasteiger partial charge >= 0.3 is 5.97 Å². The molecule has 110 valence electrons. The first-order valence-electron chi connectivity index (χ1n) is 6.62. The summed E-state index contributed by atoms with van der Waals surface area (Å²) in [5.41, 5.74) is 0.285. The van der Waals surface area contributed by atoms with Crippen molar-refractivity contribution in [2.75, 3.05) is 32.0 Å². The van der Waals surface area contributed by atoms with Crippen molar-refractivity contribution in [1.82, 2.24) is 4.90 Å². The van der Waals surface area contributed by atoms with Crippen LogP contribution in [0.3, 0.4) is 0 Å². The van der Waals surface area contributed by atoms with E-state index >= 15 is 0 Å². The maximum Gasteiger partial charge on any atom is 0.336 e. The number of nitrogens with zero attached hydrogens (tertiary/aromatic N) is 1. The van der Waals surface area contributed by atoms with Gasteiger partial charge in [0.05, 0.1) is 15.7 Å². The van der Waals surface area contributed by atoms with Crippen molar-refractivity contribution in [2.24, 2.45) is 5.92 Å². The van der Waals surface area contributed by atoms with Gasteiger partial charge in [0, 0.05) is 6.54 Å². The number of carbonyl (C=O) groups is 1. The Morgan fingerprint density at radius 1 is 1.50 bits per heavy atom. The average molecular weight is 345 g/mol. The summed E-state index contributed by atoms with van der Waals surface area (Å²) in [7, 11) is 2.10. The molecule has 1 saturated heterocycles. The lowest BCUT2D eigenvalue weighted by atomic mass is 9.97. The monoisotopic (exact) mass is 344 g/mol. The highest BCUT2D eigenvalue weighted by atomic mass is 79.9. The number of carboxylic acids is 1. The van der Waals surface area contributed by atoms with E-state index in [-0.39, 0.29) is 10.0 Å². The molecule has 0 spiro atoms. The third kappa shape index (κ3) is 3.49. The van der Waals surface area contributed by atoms with Gasteiger partial charge in [0.2, 0.25) is 0 Å². The number of likely N-dealkylation sites (tertiary alicyclic amines) is 1. The van der Waals surface area contributed by atoms with Gasteiger partial charge in [0.15, 0.2) is 5.82 Å². The Balaban J connectivity index is 2.00. The Hall–Kier alpha value is -1.14. The highest BCUT2D eigenvalue weighted by molar-refractivity contribution is 9.10. The summed E-state index contributed by atoms with van der Waals surface area (Å²) in [6.07, 6.45) is 2.19. The molecule has 0 saturated carbocycles. The maximum atomic E-state index is 14.1. The first-order chi connectivity index (χ1) is 9.49. The van der Waals surface area contributed by atoms with E-state index in [9.17, 15) is 9.18 Å². The number of benzene rings is 1. The van der Waals surface area contributed by atoms with E-state index in [1.54, 1.807) is 0 Å². The normalized spacial score (nSPS) is 17.1. The Bertz CT molecular complexity index is 502. The standard InChI is InChI=1S/C14H18BrFN2O2/c1-18-6-4-9(5-7-18)8-17-11-3-2-10(14(19)20)12(15)13(11)16/h2-3,9,17H,4-8H2,1H3,(H,19,20). The van der Waals surface area contributed by atoms with Gasteiger partial charge in [-0.25, -0.2) is 9.18 Å². The van der Waals surface area contributed by atoms with Gasteiger partial charge in [-0.3, -0.25) is 0 Å². The van der Waals surface area contributed by atoms with E-state index in [0.29, 0.717) is 18.2 Å². The van der Waals surface area contributed by atoms with Crippen molar-refractivity contribution in [3.05, 3.63) is 28.0 Å². The zero-order valence-corrected chi connectivity index (χ0v) is 12.9. The molecule has 0 atom stereocenters. The number of rotatable bonds is 4. The summed E-state index contributed by atoms with van der Waals surface area (Å²) in [5.74, 6) is -1.15. The second-order valence-corrected chi connectivity index (χ2v) is 6.01. The van der Waals surface area contributed by atoms with Crippen molar-refractivity contribution in [3.8, 4) is 0 Å². The summed E-state index contributed by atoms with van der Waals surface area (Å²) in [6, 6.07) is 2.89. The second-order valence-electron chi connectivity index (χ2n) is 5.22. The van der Waals surface area contributed by atoms with E-state index < -0.39 is 11.8 Å². The molecule has 1 heterocycles. The van der Waals surface area contributed by atoms with E-state index in [0.717, 1.165) is 25.9 Å². The van der Waals surface area contributed by atoms with Crippen LogP contribution >= 0.6 is 15.9 Å². The number of carboxylic acid groups (broad SMARTS) is 1. The molecule has 2 N–H and O–H groups in total. The molecule has 0 aliphatic carbocycles. The first kappa shape index (κ1) is 15.3. The van der Waals surface area contributed by atoms with Crippen LogP contribution in [-0.2, 0) is 0 Å². The number of anilines is 1. The van der Waals surface area contributed by atoms with Gasteiger partial charge in [0.1, 0.15) is 0 Å². The lowest BCUT2D eigenvalue weighted by Gasteiger charge is -2.29. The Morgan fingerprint density at radius 2 is 2.15 bits per heavy atom. The lowest BCUT2D eigenvalue weighted by Crippen LogP contribution is -2.33. The Morgan fingerprint density at radius 3 is 2.75 bits per heavy atom. The van der Waals surface area contributed by atoms with Gasteiger partial charge < -0.3 is 15.3 Å². The fourth-order valence-corrected chi connectivity index (χ4v) is 2.89. The SMILES string of the molecule is CN1CCC(CNc2ccc(C(=O)O)c(Br)c2F)CC1. The fourth-order valence-electron chi connectivity index (χ4n) is 2.37. The van der Waals surface area contributed by atoms with Gasteiger partial charge in [0.25, 0.3) is 0 Å². The van der Waals surface area contributed by atoms with Crippen molar-refractivity contribution in [3.63, 3.8) is 0 Å². The number of hydrogen-bond acceptors (Lipinski definition) is 3. The van der Waals surface area contributed by atoms with Crippen molar-refractivity contribution >= 4 is 27.6 Å². The van der Waals surface area contributed by atoms with E-state index in [4.69, 9.17) is 5.11 Å². The van der Waals surface area contributed by atoms with Crippen LogP contribution in [0.25, 0.3) is 0 Å². The average Bonchev–Trinajstić information content (AvgIpc) is 2.42. The molecule has 1 fully saturated rings. The summed E-state index contributed by atoms with van der Waals surface area (Å²) in [6.45, 7) is 2.84. The van der Waals surface area contributed by atoms with Gasteiger partial charge in [-0.2, -0.15) is 0 Å². The molecular formula is C14H18BrFN2O2. The van der Waals surface area contributed by atoms with Crippen LogP contribution in [0, 0.1) is 11.7 Å². The van der Waals surface area contributed by atoms with Gasteiger partial charge in [-0.15, -0.1) is 0 Å². The van der Waals surface area contributed by atoms with Crippen LogP contribution in [0.4, 0.5) is 10.1 Å². The van der Waals surface area contributed by atoms with E-state index in [2.05, 4.69) is 33.2 Å². The summed E-state index contributed by atoms with van der Waals surface area (Å²) >= 11 is 3.00. The topological polar surface area (TPSA) is 52.6 Å². The number of nitrogens with one attached hydrogen (secondary N) is 1. The van der Waals surface area contributed by atoms with Crippen molar-refractivity contribution in [1.29, 1.82) is 0 Å². The number of halogens is 2. The molecule has 0 radical (unpaired) electrons. The highest BCUT2D eigenvalue weighted by Gasteiger charge is 2.19. The van der Waals surface area contributed by atoms with E-state index in [1.165, 1.54) is 12.1 Å². The van der Waals surface area contributed by atoms with Crippen LogP contribution in [0.1, 0.15) is 23.2 Å². The minimum absolute atomic E-state index is 0.00150. The van der Waals surface area contributed by atoms with Crippen LogP contribution in [-0.4, -0.2) is 42.7 Å². The quantitative estimate of drug-likeness (QED) is 0.881. The van der Waals surface area contributed by atoms with Gasteiger partial charge in [-0.1, -0.05) is 0 Å². The fraction of sp³-hybridized carbons (Fsp3) is 0.500. The molecule has 4 nitrogen and oxygen atoms in total. The minimum atomic E-state index is -1.14. The molecule has 2 rings (SSSR count). The molecule has 1 aliphatic heterocycles. The zero-order valence-electron chi connectivity index (χ0n) is 11.3. The summed E-state index contributed by atoms with van der Waals surface area (Å²) < 4.78 is 14.1. The lowest BCUT2D eigenvalue weighted by molar-refractivity contribution is 0.0695. The minimum Gasteiger partial charge on any atom is -0.478 e. The Kier molecular flexibility index (Phi) is 4.99. The van der Waals surface area contributed by atoms with Crippen LogP contribution in [0.5, 0.6) is 0 Å². The smallest absolute Gasteiger partial charge is 0.336 e. The molecule has 20 heavy (non-hydrogen) atoms. The molecule has 6 heteroatoms. The zero-order chi connectivity index (χ0) is 14.7. The van der Waals surface area contributed by atoms with Crippen LogP contribution in [0.15, 0.2) is 16.6 Å². The first-order valence-corrected chi connectivity index (χ1v) is 7.42. The summed E-state index contributed by atoms with van der Waals surface area (Å²) in [4.78, 5) is 13.2. The molecule has 1 aromatic rings. The second kappa shape index (κ2) is 6.54. The highest BCUT2D eigenvalue weighted by Crippen LogP contribution is 2.27. The molecule has 0 unspecified atom stereocenters. The van der Waals surface area contributed by atoms with Crippen molar-refractivity contribution < 1.29 is 14.3 Å². The predicted octanol–water partition coefficient (Wildman–Crippen LogP) is 3.04. The third-order valence-corrected chi connectivity index (χ3v) is 4.51. The molecule has 0 amide bonds. The number of hydrogen-bond donors (Lipinski definition) is 2. The number of piperidine rings is 1. The molecule has 0 aromatic heterocycles. The van der Waals surface area contributed by atoms with Crippen molar-refractivity contribution in [2.45, 2.75) is 12.8 Å². The summed E-state index contributed by atoms with van der Waals surface area (Å²) in [5, 5.41) is 12.0. The third-order valence-electron chi connectivity index (χ3n) is 3.73. The van der Waals surface area contributed by atoms with Crippen LogP contribution in [0.2, 0.25) is 0 Å². The van der Waals surface area contributed by atoms with Crippen LogP contribution < -0.4 is 5.32 Å². The predicted molar refractivity (Wildman–Crippen MR) is 79.8 cm³/mol. The van der Waals surface area contributed by atoms with E-state index in [1.807, 2.05) is 0 Å². The Labute approximate surface area is 126 Å². The molecule has 0 bridgehead atoms. The van der Waals surface area contributed by atoms with Gasteiger partial charge in [-0.05, 0) is 67.0 Å².